The lowest BCUT2D eigenvalue weighted by Crippen LogP contribution is -2.19. The van der Waals surface area contributed by atoms with Gasteiger partial charge in [-0.25, -0.2) is 0 Å². The average molecular weight is 280 g/mol. The normalized spacial score (nSPS) is 23.6. The Balaban J connectivity index is 2.20. The molecule has 0 radical (unpaired) electrons. The van der Waals surface area contributed by atoms with E-state index < -0.39 is 6.10 Å². The average Bonchev–Trinajstić information content (AvgIpc) is 2.86. The van der Waals surface area contributed by atoms with E-state index in [-0.39, 0.29) is 12.0 Å². The minimum atomic E-state index is -0.526. The fraction of sp³-hybridized carbons (Fsp3) is 0.625. The van der Waals surface area contributed by atoms with Gasteiger partial charge in [0.05, 0.1) is 25.4 Å². The third kappa shape index (κ3) is 3.25. The van der Waals surface area contributed by atoms with Gasteiger partial charge in [0.25, 0.3) is 0 Å². The number of ether oxygens (including phenoxy) is 3. The van der Waals surface area contributed by atoms with E-state index in [1.165, 1.54) is 0 Å². The summed E-state index contributed by atoms with van der Waals surface area (Å²) in [4.78, 5) is 0. The monoisotopic (exact) mass is 280 g/mol. The van der Waals surface area contributed by atoms with E-state index >= 15 is 0 Å². The predicted octanol–water partition coefficient (Wildman–Crippen LogP) is 2.94. The molecule has 0 amide bonds. The first-order chi connectivity index (χ1) is 9.67. The van der Waals surface area contributed by atoms with Crippen molar-refractivity contribution >= 4 is 0 Å². The first-order valence-corrected chi connectivity index (χ1v) is 7.36. The van der Waals surface area contributed by atoms with Crippen LogP contribution in [-0.2, 0) is 4.74 Å². The molecule has 1 aliphatic heterocycles. The van der Waals surface area contributed by atoms with Crippen LogP contribution in [0.3, 0.4) is 0 Å². The highest BCUT2D eigenvalue weighted by Gasteiger charge is 2.32. The van der Waals surface area contributed by atoms with Gasteiger partial charge in [0.1, 0.15) is 0 Å². The van der Waals surface area contributed by atoms with Crippen LogP contribution < -0.4 is 9.47 Å². The Bertz CT molecular complexity index is 432. The van der Waals surface area contributed by atoms with E-state index in [9.17, 15) is 5.11 Å². The molecule has 112 valence electrons. The lowest BCUT2D eigenvalue weighted by molar-refractivity contribution is 0.0430. The maximum atomic E-state index is 10.5. The van der Waals surface area contributed by atoms with Crippen molar-refractivity contribution in [3.8, 4) is 11.5 Å². The molecule has 4 nitrogen and oxygen atoms in total. The molecule has 4 heteroatoms. The number of benzene rings is 1. The maximum Gasteiger partial charge on any atom is 0.161 e. The van der Waals surface area contributed by atoms with Crippen LogP contribution >= 0.6 is 0 Å². The third-order valence-corrected chi connectivity index (χ3v) is 3.75. The first kappa shape index (κ1) is 15.1. The van der Waals surface area contributed by atoms with Gasteiger partial charge in [-0.05, 0) is 44.9 Å². The summed E-state index contributed by atoms with van der Waals surface area (Å²) in [5, 5.41) is 10.5. The van der Waals surface area contributed by atoms with Gasteiger partial charge >= 0.3 is 0 Å². The van der Waals surface area contributed by atoms with Crippen LogP contribution in [0.5, 0.6) is 11.5 Å². The zero-order valence-electron chi connectivity index (χ0n) is 12.5. The second-order valence-corrected chi connectivity index (χ2v) is 5.05. The van der Waals surface area contributed by atoms with Crippen molar-refractivity contribution in [2.24, 2.45) is 5.92 Å². The summed E-state index contributed by atoms with van der Waals surface area (Å²) >= 11 is 0. The van der Waals surface area contributed by atoms with Crippen molar-refractivity contribution in [3.05, 3.63) is 23.8 Å². The van der Waals surface area contributed by atoms with Crippen molar-refractivity contribution in [2.45, 2.75) is 39.4 Å². The van der Waals surface area contributed by atoms with E-state index in [4.69, 9.17) is 14.2 Å². The number of hydrogen-bond donors (Lipinski definition) is 1. The summed E-state index contributed by atoms with van der Waals surface area (Å²) in [6, 6.07) is 5.65. The predicted molar refractivity (Wildman–Crippen MR) is 77.3 cm³/mol. The lowest BCUT2D eigenvalue weighted by atomic mass is 9.90. The van der Waals surface area contributed by atoms with E-state index in [2.05, 4.69) is 0 Å². The molecule has 3 unspecified atom stereocenters. The van der Waals surface area contributed by atoms with Crippen molar-refractivity contribution in [1.29, 1.82) is 0 Å². The van der Waals surface area contributed by atoms with Crippen molar-refractivity contribution in [2.75, 3.05) is 19.8 Å². The van der Waals surface area contributed by atoms with E-state index in [1.54, 1.807) is 0 Å². The van der Waals surface area contributed by atoms with Gasteiger partial charge in [-0.2, -0.15) is 0 Å². The van der Waals surface area contributed by atoms with Crippen LogP contribution in [0.4, 0.5) is 0 Å². The SMILES string of the molecule is CCOc1ccc(C(O)C2CCOC2C)cc1OCC. The van der Waals surface area contributed by atoms with Gasteiger partial charge in [-0.1, -0.05) is 6.07 Å². The van der Waals surface area contributed by atoms with Crippen molar-refractivity contribution in [3.63, 3.8) is 0 Å². The van der Waals surface area contributed by atoms with Crippen molar-refractivity contribution < 1.29 is 19.3 Å². The van der Waals surface area contributed by atoms with Crippen LogP contribution in [0.1, 0.15) is 38.9 Å². The van der Waals surface area contributed by atoms with Gasteiger partial charge in [-0.3, -0.25) is 0 Å². The van der Waals surface area contributed by atoms with E-state index in [0.717, 1.165) is 24.3 Å². The minimum Gasteiger partial charge on any atom is -0.490 e. The Morgan fingerprint density at radius 1 is 1.25 bits per heavy atom. The molecule has 1 heterocycles. The molecule has 0 aliphatic carbocycles. The van der Waals surface area contributed by atoms with Crippen LogP contribution in [0.2, 0.25) is 0 Å². The molecular formula is C16H24O4. The zero-order chi connectivity index (χ0) is 14.5. The Morgan fingerprint density at radius 2 is 1.95 bits per heavy atom. The summed E-state index contributed by atoms with van der Waals surface area (Å²) in [5.41, 5.74) is 0.860. The topological polar surface area (TPSA) is 47.9 Å². The second kappa shape index (κ2) is 6.95. The Hall–Kier alpha value is -1.26. The fourth-order valence-electron chi connectivity index (χ4n) is 2.66. The fourth-order valence-corrected chi connectivity index (χ4v) is 2.66. The molecule has 0 saturated carbocycles. The molecule has 1 aliphatic rings. The summed E-state index contributed by atoms with van der Waals surface area (Å²) in [6.07, 6.45) is 0.453. The summed E-state index contributed by atoms with van der Waals surface area (Å²) in [6.45, 7) is 7.77. The highest BCUT2D eigenvalue weighted by Crippen LogP contribution is 2.37. The molecule has 2 rings (SSSR count). The Morgan fingerprint density at radius 3 is 2.55 bits per heavy atom. The largest absolute Gasteiger partial charge is 0.490 e. The molecular weight excluding hydrogens is 256 g/mol. The highest BCUT2D eigenvalue weighted by atomic mass is 16.5. The van der Waals surface area contributed by atoms with Gasteiger partial charge in [0.15, 0.2) is 11.5 Å². The van der Waals surface area contributed by atoms with E-state index in [1.807, 2.05) is 39.0 Å². The third-order valence-electron chi connectivity index (χ3n) is 3.75. The Labute approximate surface area is 120 Å². The highest BCUT2D eigenvalue weighted by molar-refractivity contribution is 5.43. The molecule has 0 aromatic heterocycles. The van der Waals surface area contributed by atoms with Gasteiger partial charge in [-0.15, -0.1) is 0 Å². The number of rotatable bonds is 6. The molecule has 0 spiro atoms. The van der Waals surface area contributed by atoms with Crippen LogP contribution in [0.25, 0.3) is 0 Å². The van der Waals surface area contributed by atoms with Gasteiger partial charge in [0.2, 0.25) is 0 Å². The second-order valence-electron chi connectivity index (χ2n) is 5.05. The summed E-state index contributed by atoms with van der Waals surface area (Å²) in [5.74, 6) is 1.56. The number of hydrogen-bond acceptors (Lipinski definition) is 4. The molecule has 1 aromatic rings. The van der Waals surface area contributed by atoms with Crippen molar-refractivity contribution in [1.82, 2.24) is 0 Å². The molecule has 1 aromatic carbocycles. The quantitative estimate of drug-likeness (QED) is 0.870. The zero-order valence-corrected chi connectivity index (χ0v) is 12.5. The van der Waals surface area contributed by atoms with Crippen LogP contribution in [-0.4, -0.2) is 31.0 Å². The molecule has 3 atom stereocenters. The lowest BCUT2D eigenvalue weighted by Gasteiger charge is -2.22. The maximum absolute atomic E-state index is 10.5. The van der Waals surface area contributed by atoms with E-state index in [0.29, 0.717) is 19.0 Å². The van der Waals surface area contributed by atoms with Gasteiger partial charge < -0.3 is 19.3 Å². The molecule has 20 heavy (non-hydrogen) atoms. The first-order valence-electron chi connectivity index (χ1n) is 7.36. The molecule has 0 bridgehead atoms. The van der Waals surface area contributed by atoms with Gasteiger partial charge in [0, 0.05) is 12.5 Å². The summed E-state index contributed by atoms with van der Waals surface area (Å²) in [7, 11) is 0. The Kier molecular flexibility index (Phi) is 5.26. The molecule has 1 fully saturated rings. The van der Waals surface area contributed by atoms with Crippen LogP contribution in [0, 0.1) is 5.92 Å². The minimum absolute atomic E-state index is 0.0899. The number of aliphatic hydroxyl groups excluding tert-OH is 1. The smallest absolute Gasteiger partial charge is 0.161 e. The number of aliphatic hydroxyl groups is 1. The molecule has 1 saturated heterocycles. The molecule has 1 N–H and O–H groups in total. The standard InChI is InChI=1S/C16H24O4/c1-4-18-14-7-6-12(10-15(14)19-5-2)16(17)13-8-9-20-11(13)3/h6-7,10-11,13,16-17H,4-5,8-9H2,1-3H3. The summed E-state index contributed by atoms with van der Waals surface area (Å²) < 4.78 is 16.7. The van der Waals surface area contributed by atoms with Crippen LogP contribution in [0.15, 0.2) is 18.2 Å².